The molecule has 1 saturated heterocycles. The van der Waals surface area contributed by atoms with E-state index in [1.165, 1.54) is 14.2 Å². The van der Waals surface area contributed by atoms with Gasteiger partial charge in [0.15, 0.2) is 0 Å². The second-order valence-electron chi connectivity index (χ2n) is 11.0. The summed E-state index contributed by atoms with van der Waals surface area (Å²) < 4.78 is 18.2. The summed E-state index contributed by atoms with van der Waals surface area (Å²) >= 11 is 6.34. The first-order chi connectivity index (χ1) is 18.9. The SMILES string of the molecule is COc1cc(OC)c(NC(=O)c2cnn(-c3ccc(C)cc3C)c2C2CCN(C(=O)OC(C)(C)C)CC2)cc1Cl. The zero-order valence-electron chi connectivity index (χ0n) is 24.1. The van der Waals surface area contributed by atoms with Gasteiger partial charge in [-0.1, -0.05) is 29.3 Å². The summed E-state index contributed by atoms with van der Waals surface area (Å²) in [6.07, 6.45) is 2.60. The largest absolute Gasteiger partial charge is 0.495 e. The molecule has 2 heterocycles. The van der Waals surface area contributed by atoms with Crippen LogP contribution in [0, 0.1) is 13.8 Å². The number of piperidine rings is 1. The van der Waals surface area contributed by atoms with Crippen LogP contribution in [0.2, 0.25) is 5.02 Å². The fraction of sp³-hybridized carbons (Fsp3) is 0.433. The van der Waals surface area contributed by atoms with E-state index in [0.29, 0.717) is 53.7 Å². The number of halogens is 1. The summed E-state index contributed by atoms with van der Waals surface area (Å²) in [7, 11) is 3.03. The van der Waals surface area contributed by atoms with Crippen molar-refractivity contribution in [2.24, 2.45) is 0 Å². The van der Waals surface area contributed by atoms with Gasteiger partial charge in [-0.05, 0) is 65.2 Å². The lowest BCUT2D eigenvalue weighted by molar-refractivity contribution is 0.0203. The molecule has 1 aliphatic heterocycles. The van der Waals surface area contributed by atoms with Gasteiger partial charge in [0.1, 0.15) is 17.1 Å². The minimum Gasteiger partial charge on any atom is -0.495 e. The number of hydrogen-bond donors (Lipinski definition) is 1. The topological polar surface area (TPSA) is 94.9 Å². The number of carbonyl (C=O) groups is 2. The van der Waals surface area contributed by atoms with E-state index in [2.05, 4.69) is 16.5 Å². The Balaban J connectivity index is 1.68. The Kier molecular flexibility index (Phi) is 8.63. The zero-order chi connectivity index (χ0) is 29.2. The minimum atomic E-state index is -0.563. The summed E-state index contributed by atoms with van der Waals surface area (Å²) in [5, 5.41) is 7.97. The van der Waals surface area contributed by atoms with Crippen molar-refractivity contribution in [1.82, 2.24) is 14.7 Å². The Morgan fingerprint density at radius 3 is 2.30 bits per heavy atom. The van der Waals surface area contributed by atoms with Crippen LogP contribution in [0.5, 0.6) is 11.5 Å². The molecule has 9 nitrogen and oxygen atoms in total. The highest BCUT2D eigenvalue weighted by molar-refractivity contribution is 6.32. The Morgan fingerprint density at radius 1 is 1.02 bits per heavy atom. The molecule has 0 bridgehead atoms. The smallest absolute Gasteiger partial charge is 0.410 e. The molecule has 2 amide bonds. The molecule has 1 aromatic heterocycles. The van der Waals surface area contributed by atoms with Crippen molar-refractivity contribution in [3.63, 3.8) is 0 Å². The monoisotopic (exact) mass is 568 g/mol. The molecule has 0 aliphatic carbocycles. The third kappa shape index (κ3) is 6.36. The number of carbonyl (C=O) groups excluding carboxylic acids is 2. The predicted octanol–water partition coefficient (Wildman–Crippen LogP) is 6.53. The van der Waals surface area contributed by atoms with E-state index < -0.39 is 5.60 Å². The normalized spacial score (nSPS) is 14.2. The molecule has 0 saturated carbocycles. The first-order valence-electron chi connectivity index (χ1n) is 13.3. The van der Waals surface area contributed by atoms with Crippen molar-refractivity contribution in [1.29, 1.82) is 0 Å². The van der Waals surface area contributed by atoms with Crippen molar-refractivity contribution in [3.8, 4) is 17.2 Å². The van der Waals surface area contributed by atoms with E-state index >= 15 is 0 Å². The van der Waals surface area contributed by atoms with Crippen LogP contribution in [-0.2, 0) is 4.74 Å². The highest BCUT2D eigenvalue weighted by Gasteiger charge is 2.32. The van der Waals surface area contributed by atoms with E-state index in [9.17, 15) is 9.59 Å². The number of aryl methyl sites for hydroxylation is 2. The summed E-state index contributed by atoms with van der Waals surface area (Å²) in [5.41, 5.74) is 4.19. The van der Waals surface area contributed by atoms with Crippen LogP contribution in [0.1, 0.15) is 66.7 Å². The molecule has 2 aromatic carbocycles. The second-order valence-corrected chi connectivity index (χ2v) is 11.4. The molecule has 1 aliphatic rings. The molecule has 0 unspecified atom stereocenters. The molecular weight excluding hydrogens is 532 g/mol. The number of likely N-dealkylation sites (tertiary alicyclic amines) is 1. The number of amides is 2. The van der Waals surface area contributed by atoms with Gasteiger partial charge < -0.3 is 24.4 Å². The van der Waals surface area contributed by atoms with E-state index in [4.69, 9.17) is 25.8 Å². The van der Waals surface area contributed by atoms with Crippen molar-refractivity contribution in [2.75, 3.05) is 32.6 Å². The maximum atomic E-state index is 13.7. The molecule has 4 rings (SSSR count). The van der Waals surface area contributed by atoms with Crippen LogP contribution in [0.25, 0.3) is 5.69 Å². The fourth-order valence-electron chi connectivity index (χ4n) is 4.97. The first kappa shape index (κ1) is 29.3. The molecule has 40 heavy (non-hydrogen) atoms. The number of anilines is 1. The molecule has 10 heteroatoms. The number of rotatable bonds is 6. The molecule has 0 spiro atoms. The molecule has 0 atom stereocenters. The van der Waals surface area contributed by atoms with Crippen LogP contribution in [0.4, 0.5) is 10.5 Å². The number of nitrogens with zero attached hydrogens (tertiary/aromatic N) is 3. The molecule has 0 radical (unpaired) electrons. The Hall–Kier alpha value is -3.72. The van der Waals surface area contributed by atoms with Crippen molar-refractivity contribution in [2.45, 2.75) is 59.0 Å². The van der Waals surface area contributed by atoms with Crippen molar-refractivity contribution < 1.29 is 23.8 Å². The third-order valence-electron chi connectivity index (χ3n) is 6.89. The van der Waals surface area contributed by atoms with Gasteiger partial charge in [-0.3, -0.25) is 4.79 Å². The minimum absolute atomic E-state index is 0.0102. The molecule has 214 valence electrons. The number of methoxy groups -OCH3 is 2. The summed E-state index contributed by atoms with van der Waals surface area (Å²) in [6, 6.07) is 9.37. The fourth-order valence-corrected chi connectivity index (χ4v) is 5.21. The first-order valence-corrected chi connectivity index (χ1v) is 13.7. The van der Waals surface area contributed by atoms with Crippen LogP contribution >= 0.6 is 11.6 Å². The Labute approximate surface area is 240 Å². The lowest BCUT2D eigenvalue weighted by Gasteiger charge is -2.34. The standard InChI is InChI=1S/C30H37ClN4O5/c1-18-8-9-24(19(2)14-18)35-27(20-10-12-34(13-11-20)29(37)40-30(3,4)5)21(17-32-35)28(36)33-23-15-22(31)25(38-6)16-26(23)39-7/h8-9,14-17,20H,10-13H2,1-7H3,(H,33,36). The van der Waals surface area contributed by atoms with E-state index in [-0.39, 0.29) is 17.9 Å². The number of ether oxygens (including phenoxy) is 3. The number of nitrogens with one attached hydrogen (secondary N) is 1. The summed E-state index contributed by atoms with van der Waals surface area (Å²) in [6.45, 7) is 10.7. The van der Waals surface area contributed by atoms with E-state index in [1.807, 2.05) is 51.4 Å². The average molecular weight is 569 g/mol. The highest BCUT2D eigenvalue weighted by Crippen LogP contribution is 2.37. The van der Waals surface area contributed by atoms with E-state index in [0.717, 1.165) is 22.5 Å². The Bertz CT molecular complexity index is 1400. The maximum absolute atomic E-state index is 13.7. The van der Waals surface area contributed by atoms with E-state index in [1.54, 1.807) is 23.2 Å². The molecule has 1 N–H and O–H groups in total. The van der Waals surface area contributed by atoms with Gasteiger partial charge in [0.2, 0.25) is 0 Å². The second kappa shape index (κ2) is 11.8. The lowest BCUT2D eigenvalue weighted by atomic mass is 9.90. The van der Waals surface area contributed by atoms with Gasteiger partial charge in [0.05, 0.1) is 48.1 Å². The highest BCUT2D eigenvalue weighted by atomic mass is 35.5. The average Bonchev–Trinajstić information content (AvgIpc) is 3.33. The van der Waals surface area contributed by atoms with Crippen LogP contribution < -0.4 is 14.8 Å². The molecule has 1 fully saturated rings. The summed E-state index contributed by atoms with van der Waals surface area (Å²) in [5.74, 6) is 0.518. The quantitative estimate of drug-likeness (QED) is 0.363. The van der Waals surface area contributed by atoms with Gasteiger partial charge in [0, 0.05) is 25.1 Å². The van der Waals surface area contributed by atoms with Crippen molar-refractivity contribution >= 4 is 29.3 Å². The number of benzene rings is 2. The van der Waals surface area contributed by atoms with Gasteiger partial charge in [-0.2, -0.15) is 5.10 Å². The Morgan fingerprint density at radius 2 is 1.70 bits per heavy atom. The van der Waals surface area contributed by atoms with Gasteiger partial charge >= 0.3 is 6.09 Å². The number of aromatic nitrogens is 2. The molecular formula is C30H37ClN4O5. The molecule has 3 aromatic rings. The van der Waals surface area contributed by atoms with Gasteiger partial charge in [0.25, 0.3) is 5.91 Å². The van der Waals surface area contributed by atoms with Crippen LogP contribution in [0.15, 0.2) is 36.5 Å². The van der Waals surface area contributed by atoms with Crippen LogP contribution in [0.3, 0.4) is 0 Å². The van der Waals surface area contributed by atoms with Crippen LogP contribution in [-0.4, -0.2) is 59.6 Å². The van der Waals surface area contributed by atoms with Gasteiger partial charge in [-0.25, -0.2) is 9.48 Å². The lowest BCUT2D eigenvalue weighted by Crippen LogP contribution is -2.41. The van der Waals surface area contributed by atoms with Crippen molar-refractivity contribution in [3.05, 3.63) is 63.9 Å². The van der Waals surface area contributed by atoms with Gasteiger partial charge in [-0.15, -0.1) is 0 Å². The number of hydrogen-bond acceptors (Lipinski definition) is 6. The predicted molar refractivity (Wildman–Crippen MR) is 155 cm³/mol. The summed E-state index contributed by atoms with van der Waals surface area (Å²) in [4.78, 5) is 28.1. The maximum Gasteiger partial charge on any atom is 0.410 e. The third-order valence-corrected chi connectivity index (χ3v) is 7.18. The zero-order valence-corrected chi connectivity index (χ0v) is 24.9.